The molecule has 0 saturated carbocycles. The molecular weight excluding hydrogens is 298 g/mol. The summed E-state index contributed by atoms with van der Waals surface area (Å²) in [7, 11) is -0.940. The first-order valence-electron chi connectivity index (χ1n) is 6.33. The van der Waals surface area contributed by atoms with E-state index < -0.39 is 26.7 Å². The lowest BCUT2D eigenvalue weighted by Crippen LogP contribution is -2.37. The number of rotatable bonds is 8. The first kappa shape index (κ1) is 17.3. The third-order valence-corrected chi connectivity index (χ3v) is 4.48. The first-order chi connectivity index (χ1) is 9.85. The van der Waals surface area contributed by atoms with Crippen LogP contribution in [0.1, 0.15) is 13.3 Å². The van der Waals surface area contributed by atoms with Crippen LogP contribution in [0.15, 0.2) is 23.1 Å². The van der Waals surface area contributed by atoms with Crippen molar-refractivity contribution in [2.45, 2.75) is 24.3 Å². The lowest BCUT2D eigenvalue weighted by atomic mass is 10.3. The molecule has 1 unspecified atom stereocenters. The van der Waals surface area contributed by atoms with Crippen LogP contribution in [-0.2, 0) is 14.8 Å². The minimum Gasteiger partial charge on any atom is -0.388 e. The van der Waals surface area contributed by atoms with Crippen LogP contribution in [0.2, 0.25) is 0 Å². The molecule has 8 nitrogen and oxygen atoms in total. The van der Waals surface area contributed by atoms with E-state index in [2.05, 4.69) is 10.0 Å². The molecule has 0 amide bonds. The number of sulfonamides is 1. The second kappa shape index (κ2) is 7.34. The van der Waals surface area contributed by atoms with Crippen molar-refractivity contribution in [1.29, 1.82) is 0 Å². The van der Waals surface area contributed by atoms with Crippen LogP contribution in [0.4, 0.5) is 11.4 Å². The van der Waals surface area contributed by atoms with Gasteiger partial charge in [0.1, 0.15) is 0 Å². The van der Waals surface area contributed by atoms with E-state index in [1.54, 1.807) is 14.0 Å². The number of benzene rings is 1. The molecule has 0 spiro atoms. The number of hydrogen-bond donors (Lipinski definition) is 2. The van der Waals surface area contributed by atoms with Gasteiger partial charge in [-0.1, -0.05) is 6.92 Å². The van der Waals surface area contributed by atoms with Crippen molar-refractivity contribution >= 4 is 21.4 Å². The van der Waals surface area contributed by atoms with Gasteiger partial charge in [-0.15, -0.1) is 0 Å². The monoisotopic (exact) mass is 317 g/mol. The van der Waals surface area contributed by atoms with Gasteiger partial charge in [0.2, 0.25) is 10.0 Å². The van der Waals surface area contributed by atoms with Crippen molar-refractivity contribution in [2.75, 3.05) is 26.1 Å². The third kappa shape index (κ3) is 4.38. The fourth-order valence-corrected chi connectivity index (χ4v) is 3.22. The average molecular weight is 317 g/mol. The largest absolute Gasteiger partial charge is 0.388 e. The highest BCUT2D eigenvalue weighted by atomic mass is 32.2. The number of methoxy groups -OCH3 is 1. The molecule has 1 rings (SSSR count). The van der Waals surface area contributed by atoms with E-state index in [0.717, 1.165) is 0 Å². The summed E-state index contributed by atoms with van der Waals surface area (Å²) in [6.45, 7) is 1.99. The molecule has 0 aliphatic rings. The number of nitrogens with one attached hydrogen (secondary N) is 2. The zero-order valence-electron chi connectivity index (χ0n) is 12.1. The molecule has 118 valence electrons. The molecule has 0 aliphatic carbocycles. The summed E-state index contributed by atoms with van der Waals surface area (Å²) in [5.41, 5.74) is -0.00815. The Hall–Kier alpha value is -1.71. The topological polar surface area (TPSA) is 111 Å². The highest BCUT2D eigenvalue weighted by molar-refractivity contribution is 7.89. The van der Waals surface area contributed by atoms with Gasteiger partial charge in [0.15, 0.2) is 4.90 Å². The number of nitro benzene ring substituents is 1. The summed E-state index contributed by atoms with van der Waals surface area (Å²) in [6.07, 6.45) is 0.509. The van der Waals surface area contributed by atoms with Gasteiger partial charge in [-0.25, -0.2) is 13.1 Å². The van der Waals surface area contributed by atoms with E-state index in [-0.39, 0.29) is 11.5 Å². The summed E-state index contributed by atoms with van der Waals surface area (Å²) in [4.78, 5) is 10.0. The maximum atomic E-state index is 12.3. The molecule has 0 bridgehead atoms. The Kier molecular flexibility index (Phi) is 6.06. The van der Waals surface area contributed by atoms with Crippen molar-refractivity contribution in [3.05, 3.63) is 28.3 Å². The van der Waals surface area contributed by atoms with Crippen LogP contribution in [0.3, 0.4) is 0 Å². The fraction of sp³-hybridized carbons (Fsp3) is 0.500. The zero-order chi connectivity index (χ0) is 16.0. The second-order valence-corrected chi connectivity index (χ2v) is 6.05. The van der Waals surface area contributed by atoms with E-state index in [0.29, 0.717) is 12.1 Å². The molecule has 1 aromatic carbocycles. The van der Waals surface area contributed by atoms with Crippen LogP contribution in [-0.4, -0.2) is 40.1 Å². The molecule has 1 aromatic rings. The molecule has 1 atom stereocenters. The Morgan fingerprint density at radius 2 is 2.10 bits per heavy atom. The Labute approximate surface area is 123 Å². The van der Waals surface area contributed by atoms with Gasteiger partial charge in [0.25, 0.3) is 5.69 Å². The lowest BCUT2D eigenvalue weighted by molar-refractivity contribution is -0.387. The van der Waals surface area contributed by atoms with Crippen LogP contribution >= 0.6 is 0 Å². The molecule has 0 aromatic heterocycles. The van der Waals surface area contributed by atoms with Gasteiger partial charge in [-0.3, -0.25) is 10.1 Å². The third-order valence-electron chi connectivity index (χ3n) is 2.92. The summed E-state index contributed by atoms with van der Waals surface area (Å²) >= 11 is 0. The molecule has 21 heavy (non-hydrogen) atoms. The molecule has 0 fully saturated rings. The quantitative estimate of drug-likeness (QED) is 0.553. The van der Waals surface area contributed by atoms with Gasteiger partial charge in [0.05, 0.1) is 11.5 Å². The van der Waals surface area contributed by atoms with Crippen molar-refractivity contribution in [2.24, 2.45) is 0 Å². The van der Waals surface area contributed by atoms with Crippen molar-refractivity contribution in [1.82, 2.24) is 4.72 Å². The molecule has 0 radical (unpaired) electrons. The van der Waals surface area contributed by atoms with E-state index >= 15 is 0 Å². The van der Waals surface area contributed by atoms with Crippen LogP contribution in [0, 0.1) is 10.1 Å². The van der Waals surface area contributed by atoms with Gasteiger partial charge < -0.3 is 10.1 Å². The average Bonchev–Trinajstić information content (AvgIpc) is 2.45. The number of nitrogens with zero attached hydrogens (tertiary/aromatic N) is 1. The Morgan fingerprint density at radius 1 is 1.43 bits per heavy atom. The standard InChI is InChI=1S/C12H19N3O5S/c1-4-9(8-20-3)14-21(18,19)12-6-5-10(13-2)7-11(12)15(16)17/h5-7,9,13-14H,4,8H2,1-3H3. The minimum absolute atomic E-state index is 0.193. The van der Waals surface area contributed by atoms with E-state index in [1.165, 1.54) is 25.3 Å². The molecule has 0 aliphatic heterocycles. The maximum absolute atomic E-state index is 12.3. The molecule has 0 saturated heterocycles. The molecule has 2 N–H and O–H groups in total. The van der Waals surface area contributed by atoms with Gasteiger partial charge in [-0.05, 0) is 18.6 Å². The van der Waals surface area contributed by atoms with Crippen molar-refractivity contribution in [3.63, 3.8) is 0 Å². The van der Waals surface area contributed by atoms with Crippen LogP contribution in [0.25, 0.3) is 0 Å². The minimum atomic E-state index is -3.99. The highest BCUT2D eigenvalue weighted by Crippen LogP contribution is 2.27. The SMILES string of the molecule is CCC(COC)NS(=O)(=O)c1ccc(NC)cc1[N+](=O)[O-]. The summed E-state index contributed by atoms with van der Waals surface area (Å²) in [6, 6.07) is 3.43. The highest BCUT2D eigenvalue weighted by Gasteiger charge is 2.28. The van der Waals surface area contributed by atoms with E-state index in [4.69, 9.17) is 4.74 Å². The predicted octanol–water partition coefficient (Wildman–Crippen LogP) is 1.34. The van der Waals surface area contributed by atoms with Crippen molar-refractivity contribution < 1.29 is 18.1 Å². The van der Waals surface area contributed by atoms with E-state index in [1.807, 2.05) is 0 Å². The Morgan fingerprint density at radius 3 is 2.57 bits per heavy atom. The van der Waals surface area contributed by atoms with Crippen molar-refractivity contribution in [3.8, 4) is 0 Å². The van der Waals surface area contributed by atoms with Gasteiger partial charge in [0, 0.05) is 32.0 Å². The van der Waals surface area contributed by atoms with E-state index in [9.17, 15) is 18.5 Å². The normalized spacial score (nSPS) is 12.9. The Balaban J connectivity index is 3.21. The predicted molar refractivity (Wildman–Crippen MR) is 78.9 cm³/mol. The number of hydrogen-bond acceptors (Lipinski definition) is 6. The number of ether oxygens (including phenoxy) is 1. The van der Waals surface area contributed by atoms with Crippen LogP contribution in [0.5, 0.6) is 0 Å². The van der Waals surface area contributed by atoms with Crippen LogP contribution < -0.4 is 10.0 Å². The lowest BCUT2D eigenvalue weighted by Gasteiger charge is -2.16. The number of anilines is 1. The molecular formula is C12H19N3O5S. The first-order valence-corrected chi connectivity index (χ1v) is 7.81. The smallest absolute Gasteiger partial charge is 0.291 e. The Bertz CT molecular complexity index is 603. The van der Waals surface area contributed by atoms with Gasteiger partial charge >= 0.3 is 0 Å². The molecule has 9 heteroatoms. The summed E-state index contributed by atoms with van der Waals surface area (Å²) in [5.74, 6) is 0. The molecule has 0 heterocycles. The fourth-order valence-electron chi connectivity index (χ4n) is 1.76. The summed E-state index contributed by atoms with van der Waals surface area (Å²) < 4.78 is 32.0. The number of nitro groups is 1. The zero-order valence-corrected chi connectivity index (χ0v) is 12.9. The van der Waals surface area contributed by atoms with Gasteiger partial charge in [-0.2, -0.15) is 0 Å². The second-order valence-electron chi connectivity index (χ2n) is 4.37. The maximum Gasteiger partial charge on any atom is 0.291 e. The summed E-state index contributed by atoms with van der Waals surface area (Å²) in [5, 5.41) is 13.8.